The van der Waals surface area contributed by atoms with E-state index in [0.717, 1.165) is 0 Å². The summed E-state index contributed by atoms with van der Waals surface area (Å²) < 4.78 is 17.7. The molecule has 17 heavy (non-hydrogen) atoms. The van der Waals surface area contributed by atoms with Crippen LogP contribution in [0.1, 0.15) is 12.0 Å². The third kappa shape index (κ3) is 5.46. The van der Waals surface area contributed by atoms with E-state index in [9.17, 15) is 9.50 Å². The fourth-order valence-corrected chi connectivity index (χ4v) is 1.63. The predicted octanol–water partition coefficient (Wildman–Crippen LogP) is 1.97. The summed E-state index contributed by atoms with van der Waals surface area (Å²) in [7, 11) is 1.54. The molecule has 0 radical (unpaired) electrons. The molecule has 0 spiro atoms. The number of methoxy groups -OCH3 is 1. The van der Waals surface area contributed by atoms with Crippen LogP contribution in [0.4, 0.5) is 4.39 Å². The summed E-state index contributed by atoms with van der Waals surface area (Å²) >= 11 is 5.91. The topological polar surface area (TPSA) is 41.5 Å². The van der Waals surface area contributed by atoms with E-state index < -0.39 is 6.10 Å². The van der Waals surface area contributed by atoms with Gasteiger partial charge in [0.25, 0.3) is 0 Å². The normalized spacial score (nSPS) is 12.7. The summed E-state index contributed by atoms with van der Waals surface area (Å²) in [5, 5.41) is 13.0. The summed E-state index contributed by atoms with van der Waals surface area (Å²) in [6.07, 6.45) is 0.108. The first-order valence-corrected chi connectivity index (χ1v) is 5.83. The van der Waals surface area contributed by atoms with Crippen molar-refractivity contribution in [1.29, 1.82) is 0 Å². The van der Waals surface area contributed by atoms with Crippen LogP contribution in [-0.2, 0) is 11.3 Å². The lowest BCUT2D eigenvalue weighted by Gasteiger charge is -2.10. The predicted molar refractivity (Wildman–Crippen MR) is 65.6 cm³/mol. The van der Waals surface area contributed by atoms with Gasteiger partial charge in [-0.15, -0.1) is 0 Å². The average Bonchev–Trinajstić information content (AvgIpc) is 2.29. The van der Waals surface area contributed by atoms with Crippen LogP contribution in [0.3, 0.4) is 0 Å². The number of benzene rings is 1. The molecule has 1 aromatic carbocycles. The van der Waals surface area contributed by atoms with Crippen molar-refractivity contribution in [2.24, 2.45) is 0 Å². The second-order valence-corrected chi connectivity index (χ2v) is 4.22. The number of halogens is 2. The van der Waals surface area contributed by atoms with Gasteiger partial charge in [0.05, 0.1) is 12.7 Å². The Bertz CT molecular complexity index is 349. The minimum atomic E-state index is -0.476. The SMILES string of the molecule is COCC(O)CCNCc1cc(F)ccc1Cl. The molecule has 1 rings (SSSR count). The lowest BCUT2D eigenvalue weighted by molar-refractivity contribution is 0.0594. The van der Waals surface area contributed by atoms with E-state index >= 15 is 0 Å². The largest absolute Gasteiger partial charge is 0.391 e. The van der Waals surface area contributed by atoms with Crippen molar-refractivity contribution in [2.45, 2.75) is 19.1 Å². The molecule has 0 aliphatic rings. The highest BCUT2D eigenvalue weighted by Gasteiger charge is 2.04. The van der Waals surface area contributed by atoms with E-state index in [1.165, 1.54) is 18.2 Å². The highest BCUT2D eigenvalue weighted by molar-refractivity contribution is 6.31. The monoisotopic (exact) mass is 261 g/mol. The van der Waals surface area contributed by atoms with Gasteiger partial charge in [-0.25, -0.2) is 4.39 Å². The Morgan fingerprint density at radius 1 is 1.53 bits per heavy atom. The van der Waals surface area contributed by atoms with E-state index in [1.807, 2.05) is 0 Å². The summed E-state index contributed by atoms with van der Waals surface area (Å²) in [5.74, 6) is -0.300. The summed E-state index contributed by atoms with van der Waals surface area (Å²) in [6, 6.07) is 4.27. The molecule has 5 heteroatoms. The molecule has 1 unspecified atom stereocenters. The number of hydrogen-bond acceptors (Lipinski definition) is 3. The van der Waals surface area contributed by atoms with Gasteiger partial charge in [0.2, 0.25) is 0 Å². The number of rotatable bonds is 7. The quantitative estimate of drug-likeness (QED) is 0.738. The summed E-state index contributed by atoms with van der Waals surface area (Å²) in [4.78, 5) is 0. The molecule has 0 saturated heterocycles. The number of aliphatic hydroxyl groups is 1. The Labute approximate surface area is 106 Å². The van der Waals surface area contributed by atoms with Crippen molar-refractivity contribution in [2.75, 3.05) is 20.3 Å². The third-order valence-electron chi connectivity index (χ3n) is 2.34. The van der Waals surface area contributed by atoms with E-state index in [2.05, 4.69) is 5.32 Å². The Hall–Kier alpha value is -0.680. The maximum Gasteiger partial charge on any atom is 0.123 e. The van der Waals surface area contributed by atoms with E-state index in [4.69, 9.17) is 16.3 Å². The molecule has 2 N–H and O–H groups in total. The first-order chi connectivity index (χ1) is 8.13. The van der Waals surface area contributed by atoms with Gasteiger partial charge >= 0.3 is 0 Å². The zero-order valence-electron chi connectivity index (χ0n) is 9.75. The van der Waals surface area contributed by atoms with Crippen molar-refractivity contribution in [1.82, 2.24) is 5.32 Å². The van der Waals surface area contributed by atoms with Gasteiger partial charge in [-0.3, -0.25) is 0 Å². The Balaban J connectivity index is 2.28. The summed E-state index contributed by atoms with van der Waals surface area (Å²) in [5.41, 5.74) is 0.716. The van der Waals surface area contributed by atoms with Crippen molar-refractivity contribution < 1.29 is 14.2 Å². The molecule has 0 fully saturated rings. The van der Waals surface area contributed by atoms with Gasteiger partial charge in [0, 0.05) is 18.7 Å². The molecule has 0 bridgehead atoms. The molecule has 0 aliphatic heterocycles. The molecule has 0 aromatic heterocycles. The highest BCUT2D eigenvalue weighted by atomic mass is 35.5. The Morgan fingerprint density at radius 3 is 3.00 bits per heavy atom. The zero-order valence-corrected chi connectivity index (χ0v) is 10.5. The van der Waals surface area contributed by atoms with Gasteiger partial charge in [0.15, 0.2) is 0 Å². The molecule has 0 heterocycles. The minimum absolute atomic E-state index is 0.300. The number of ether oxygens (including phenoxy) is 1. The maximum atomic E-state index is 12.9. The van der Waals surface area contributed by atoms with Crippen LogP contribution in [0.2, 0.25) is 5.02 Å². The Kier molecular flexibility index (Phi) is 6.44. The van der Waals surface area contributed by atoms with Gasteiger partial charge in [-0.05, 0) is 36.7 Å². The van der Waals surface area contributed by atoms with E-state index in [0.29, 0.717) is 36.7 Å². The molecule has 96 valence electrons. The third-order valence-corrected chi connectivity index (χ3v) is 2.71. The fraction of sp³-hybridized carbons (Fsp3) is 0.500. The Morgan fingerprint density at radius 2 is 2.29 bits per heavy atom. The number of hydrogen-bond donors (Lipinski definition) is 2. The van der Waals surface area contributed by atoms with Crippen molar-refractivity contribution in [3.8, 4) is 0 Å². The van der Waals surface area contributed by atoms with Gasteiger partial charge in [-0.2, -0.15) is 0 Å². The smallest absolute Gasteiger partial charge is 0.123 e. The van der Waals surface area contributed by atoms with Crippen LogP contribution in [0.25, 0.3) is 0 Å². The van der Waals surface area contributed by atoms with Gasteiger partial charge in [0.1, 0.15) is 5.82 Å². The van der Waals surface area contributed by atoms with Crippen LogP contribution in [0.15, 0.2) is 18.2 Å². The van der Waals surface area contributed by atoms with Crippen LogP contribution in [0, 0.1) is 5.82 Å². The molecule has 1 aromatic rings. The van der Waals surface area contributed by atoms with Gasteiger partial charge < -0.3 is 15.2 Å². The zero-order chi connectivity index (χ0) is 12.7. The second-order valence-electron chi connectivity index (χ2n) is 3.81. The highest BCUT2D eigenvalue weighted by Crippen LogP contribution is 2.16. The van der Waals surface area contributed by atoms with Crippen molar-refractivity contribution in [3.63, 3.8) is 0 Å². The fourth-order valence-electron chi connectivity index (χ4n) is 1.45. The van der Waals surface area contributed by atoms with Crippen molar-refractivity contribution in [3.05, 3.63) is 34.6 Å². The summed E-state index contributed by atoms with van der Waals surface area (Å²) in [6.45, 7) is 1.43. The van der Waals surface area contributed by atoms with Crippen LogP contribution in [0.5, 0.6) is 0 Å². The van der Waals surface area contributed by atoms with Gasteiger partial charge in [-0.1, -0.05) is 11.6 Å². The lowest BCUT2D eigenvalue weighted by Crippen LogP contribution is -2.23. The van der Waals surface area contributed by atoms with Crippen molar-refractivity contribution >= 4 is 11.6 Å². The second kappa shape index (κ2) is 7.61. The molecule has 3 nitrogen and oxygen atoms in total. The molecular weight excluding hydrogens is 245 g/mol. The average molecular weight is 262 g/mol. The molecule has 0 saturated carbocycles. The molecule has 0 amide bonds. The number of aliphatic hydroxyl groups excluding tert-OH is 1. The number of nitrogens with one attached hydrogen (secondary N) is 1. The lowest BCUT2D eigenvalue weighted by atomic mass is 10.2. The van der Waals surface area contributed by atoms with Crippen LogP contribution in [-0.4, -0.2) is 31.5 Å². The maximum absolute atomic E-state index is 12.9. The molecule has 1 atom stereocenters. The van der Waals surface area contributed by atoms with E-state index in [-0.39, 0.29) is 5.82 Å². The minimum Gasteiger partial charge on any atom is -0.391 e. The first kappa shape index (κ1) is 14.4. The first-order valence-electron chi connectivity index (χ1n) is 5.45. The molecule has 0 aliphatic carbocycles. The standard InChI is InChI=1S/C12H17ClFNO2/c1-17-8-11(16)4-5-15-7-9-6-10(14)2-3-12(9)13/h2-3,6,11,15-16H,4-5,7-8H2,1H3. The van der Waals surface area contributed by atoms with Crippen LogP contribution < -0.4 is 5.32 Å². The molecular formula is C12H17ClFNO2. The van der Waals surface area contributed by atoms with E-state index in [1.54, 1.807) is 7.11 Å². The van der Waals surface area contributed by atoms with Crippen LogP contribution >= 0.6 is 11.6 Å².